The van der Waals surface area contributed by atoms with Crippen LogP contribution in [0.3, 0.4) is 0 Å². The van der Waals surface area contributed by atoms with Crippen LogP contribution in [0.5, 0.6) is 11.5 Å². The number of hydrogen-bond donors (Lipinski definition) is 4. The van der Waals surface area contributed by atoms with Crippen LogP contribution < -0.4 is 9.47 Å². The predicted molar refractivity (Wildman–Crippen MR) is 286 cm³/mol. The summed E-state index contributed by atoms with van der Waals surface area (Å²) in [5.74, 6) is -6.01. The Morgan fingerprint density at radius 1 is 0.381 bits per heavy atom. The van der Waals surface area contributed by atoms with Crippen LogP contribution in [0.1, 0.15) is 51.8 Å². The summed E-state index contributed by atoms with van der Waals surface area (Å²) in [5.41, 5.74) is -0.202. The van der Waals surface area contributed by atoms with Crippen molar-refractivity contribution in [2.24, 2.45) is 0 Å². The fraction of sp³-hybridized carbons (Fsp3) is 0.311. The molecule has 3 aliphatic heterocycles. The molecule has 6 aromatic carbocycles. The quantitative estimate of drug-likeness (QED) is 0.0620. The molecule has 0 saturated carbocycles. The molecule has 3 fully saturated rings. The van der Waals surface area contributed by atoms with Crippen LogP contribution in [-0.4, -0.2) is 176 Å². The SMILES string of the molecule is COC(=O)[C@H]1O[C@@H](O[C@H]2[C@@H](O)[C@@H](CO)O[C@@H](O[C@H]3[C@@H](O)[C@@H](CO)O[C@@H](Oc4ccc(OC)cc4)[C@@H]3OC(=O)c3ccccc3)[C@@H]2OC(=O)c2ccccc2)[C@H](OC(=O)c2ccccc2)[C@@H](OC(=O)c2ccccc2)[C@@H]1OC(=O)c1ccccc1. The van der Waals surface area contributed by atoms with Gasteiger partial charge in [0.2, 0.25) is 6.29 Å². The molecule has 0 amide bonds. The van der Waals surface area contributed by atoms with E-state index in [2.05, 4.69) is 0 Å². The topological polar surface area (TPSA) is 303 Å². The Morgan fingerprint density at radius 2 is 0.690 bits per heavy atom. The molecule has 4 N–H and O–H groups in total. The highest BCUT2D eigenvalue weighted by Gasteiger charge is 2.60. The first kappa shape index (κ1) is 60.0. The number of methoxy groups -OCH3 is 2. The fourth-order valence-corrected chi connectivity index (χ4v) is 9.39. The van der Waals surface area contributed by atoms with E-state index in [1.807, 2.05) is 0 Å². The second kappa shape index (κ2) is 28.1. The van der Waals surface area contributed by atoms with Crippen LogP contribution >= 0.6 is 0 Å². The molecule has 440 valence electrons. The number of rotatable bonds is 20. The summed E-state index contributed by atoms with van der Waals surface area (Å²) in [6, 6.07) is 43.5. The Labute approximate surface area is 479 Å². The molecule has 23 nitrogen and oxygen atoms in total. The Morgan fingerprint density at radius 3 is 1.05 bits per heavy atom. The van der Waals surface area contributed by atoms with Gasteiger partial charge in [0.25, 0.3) is 0 Å². The molecule has 0 radical (unpaired) electrons. The maximum atomic E-state index is 14.4. The first-order valence-electron chi connectivity index (χ1n) is 26.3. The zero-order valence-electron chi connectivity index (χ0n) is 44.9. The standard InChI is InChI=1S/C61H58O23/c1-72-39-28-30-40(31-29-39)74-59-50(79-55(68)36-22-12-5-13-23-36)45(43(64)41(32-62)75-59)82-60-51(80-56(69)37-24-14-6-15-25-37)46(44(65)42(33-63)76-60)83-61-52(81-57(70)38-26-16-7-17-27-38)48(78-54(67)35-20-10-4-11-21-35)47(49(84-61)58(71)73-2)77-53(66)34-18-8-3-9-19-34/h3-31,41-52,59-65H,32-33H2,1-2H3/t41-,42-,43+,44+,45+,46+,47+,48+,49+,50-,51-,52-,59-,60+,61-/m1/s1. The Hall–Kier alpha value is -8.62. The molecular formula is C61H58O23. The van der Waals surface area contributed by atoms with Crippen molar-refractivity contribution in [2.75, 3.05) is 27.4 Å². The average molecular weight is 1160 g/mol. The normalized spacial score (nSPS) is 27.4. The summed E-state index contributed by atoms with van der Waals surface area (Å²) in [7, 11) is 2.42. The third-order valence-electron chi connectivity index (χ3n) is 13.7. The Kier molecular flexibility index (Phi) is 20.1. The van der Waals surface area contributed by atoms with E-state index in [-0.39, 0.29) is 33.6 Å². The highest BCUT2D eigenvalue weighted by atomic mass is 16.8. The van der Waals surface area contributed by atoms with Crippen LogP contribution in [0.15, 0.2) is 176 Å². The van der Waals surface area contributed by atoms with Gasteiger partial charge in [-0.3, -0.25) is 0 Å². The molecular weight excluding hydrogens is 1100 g/mol. The number of aliphatic hydroxyl groups is 4. The highest BCUT2D eigenvalue weighted by molar-refractivity contribution is 5.92. The zero-order valence-corrected chi connectivity index (χ0v) is 44.9. The number of benzene rings is 6. The van der Waals surface area contributed by atoms with Crippen molar-refractivity contribution < 1.29 is 111 Å². The second-order valence-corrected chi connectivity index (χ2v) is 19.1. The molecule has 0 bridgehead atoms. The first-order chi connectivity index (χ1) is 40.8. The minimum absolute atomic E-state index is 0.0313. The van der Waals surface area contributed by atoms with Gasteiger partial charge in [-0.2, -0.15) is 0 Å². The maximum absolute atomic E-state index is 14.4. The lowest BCUT2D eigenvalue weighted by Gasteiger charge is -2.49. The summed E-state index contributed by atoms with van der Waals surface area (Å²) < 4.78 is 78.8. The van der Waals surface area contributed by atoms with Gasteiger partial charge in [0, 0.05) is 0 Å². The van der Waals surface area contributed by atoms with Crippen LogP contribution in [-0.2, 0) is 56.9 Å². The summed E-state index contributed by atoms with van der Waals surface area (Å²) >= 11 is 0. The van der Waals surface area contributed by atoms with Gasteiger partial charge in [0.1, 0.15) is 48.1 Å². The van der Waals surface area contributed by atoms with Crippen molar-refractivity contribution in [1.82, 2.24) is 0 Å². The summed E-state index contributed by atoms with van der Waals surface area (Å²) in [4.78, 5) is 85.2. The van der Waals surface area contributed by atoms with Gasteiger partial charge in [-0.1, -0.05) is 91.0 Å². The molecule has 3 aliphatic rings. The van der Waals surface area contributed by atoms with E-state index in [1.165, 1.54) is 128 Å². The second-order valence-electron chi connectivity index (χ2n) is 19.1. The number of esters is 6. The van der Waals surface area contributed by atoms with Crippen molar-refractivity contribution in [1.29, 1.82) is 0 Å². The van der Waals surface area contributed by atoms with Crippen molar-refractivity contribution in [3.63, 3.8) is 0 Å². The van der Waals surface area contributed by atoms with Crippen molar-refractivity contribution >= 4 is 35.8 Å². The molecule has 9 rings (SSSR count). The molecule has 3 saturated heterocycles. The van der Waals surface area contributed by atoms with Gasteiger partial charge in [-0.15, -0.1) is 0 Å². The van der Waals surface area contributed by atoms with Crippen molar-refractivity contribution in [2.45, 2.75) is 92.1 Å². The van der Waals surface area contributed by atoms with E-state index in [4.69, 9.17) is 61.6 Å². The lowest BCUT2D eigenvalue weighted by atomic mass is 9.95. The lowest BCUT2D eigenvalue weighted by Crippen LogP contribution is -2.69. The Balaban J connectivity index is 1.16. The third kappa shape index (κ3) is 14.1. The molecule has 0 aromatic heterocycles. The number of hydrogen-bond acceptors (Lipinski definition) is 23. The first-order valence-corrected chi connectivity index (χ1v) is 26.3. The largest absolute Gasteiger partial charge is 0.497 e. The van der Waals surface area contributed by atoms with Gasteiger partial charge in [0.05, 0.1) is 55.3 Å². The van der Waals surface area contributed by atoms with Crippen LogP contribution in [0.2, 0.25) is 0 Å². The number of carbonyl (C=O) groups excluding carboxylic acids is 6. The van der Waals surface area contributed by atoms with E-state index in [0.29, 0.717) is 5.75 Å². The molecule has 3 heterocycles. The van der Waals surface area contributed by atoms with Crippen molar-refractivity contribution in [3.8, 4) is 11.5 Å². The highest BCUT2D eigenvalue weighted by Crippen LogP contribution is 2.38. The number of aliphatic hydroxyl groups excluding tert-OH is 4. The number of ether oxygens (including phenoxy) is 13. The van der Waals surface area contributed by atoms with Crippen molar-refractivity contribution in [3.05, 3.63) is 204 Å². The summed E-state index contributed by atoms with van der Waals surface area (Å²) in [6.45, 7) is -1.92. The van der Waals surface area contributed by atoms with E-state index in [9.17, 15) is 49.2 Å². The molecule has 23 heteroatoms. The monoisotopic (exact) mass is 1160 g/mol. The van der Waals surface area contributed by atoms with E-state index in [1.54, 1.807) is 54.6 Å². The van der Waals surface area contributed by atoms with Crippen LogP contribution in [0.4, 0.5) is 0 Å². The van der Waals surface area contributed by atoms with Gasteiger partial charge >= 0.3 is 35.8 Å². The van der Waals surface area contributed by atoms with Gasteiger partial charge in [-0.25, -0.2) is 28.8 Å². The molecule has 84 heavy (non-hydrogen) atoms. The zero-order chi connectivity index (χ0) is 59.3. The summed E-state index contributed by atoms with van der Waals surface area (Å²) in [5, 5.41) is 46.1. The predicted octanol–water partition coefficient (Wildman–Crippen LogP) is 4.03. The Bertz CT molecular complexity index is 3140. The van der Waals surface area contributed by atoms with E-state index in [0.717, 1.165) is 7.11 Å². The lowest BCUT2D eigenvalue weighted by molar-refractivity contribution is -0.374. The third-order valence-corrected chi connectivity index (χ3v) is 13.7. The summed E-state index contributed by atoms with van der Waals surface area (Å²) in [6.07, 6.45) is -29.8. The molecule has 15 atom stereocenters. The molecule has 6 aromatic rings. The molecule has 0 aliphatic carbocycles. The smallest absolute Gasteiger partial charge is 0.339 e. The van der Waals surface area contributed by atoms with Gasteiger partial charge < -0.3 is 82.0 Å². The molecule has 0 unspecified atom stereocenters. The van der Waals surface area contributed by atoms with Gasteiger partial charge in [-0.05, 0) is 84.9 Å². The van der Waals surface area contributed by atoms with E-state index < -0.39 is 141 Å². The number of carbonyl (C=O) groups is 6. The maximum Gasteiger partial charge on any atom is 0.339 e. The van der Waals surface area contributed by atoms with Gasteiger partial charge in [0.15, 0.2) is 49.2 Å². The van der Waals surface area contributed by atoms with Crippen LogP contribution in [0.25, 0.3) is 0 Å². The fourth-order valence-electron chi connectivity index (χ4n) is 9.39. The minimum Gasteiger partial charge on any atom is -0.497 e. The van der Waals surface area contributed by atoms with Crippen LogP contribution in [0, 0.1) is 0 Å². The minimum atomic E-state index is -2.26. The van der Waals surface area contributed by atoms with E-state index >= 15 is 0 Å². The molecule has 0 spiro atoms. The average Bonchev–Trinajstić information content (AvgIpc) is 1.87.